The number of carbonyl (C=O) groups excluding carboxylic acids is 1. The molecule has 112 valence electrons. The molecule has 0 saturated carbocycles. The molecule has 1 atom stereocenters. The van der Waals surface area contributed by atoms with E-state index in [1.54, 1.807) is 41.8 Å². The Labute approximate surface area is 127 Å². The summed E-state index contributed by atoms with van der Waals surface area (Å²) in [6.07, 6.45) is 11.4. The second-order valence-corrected chi connectivity index (χ2v) is 4.65. The van der Waals surface area contributed by atoms with Crippen molar-refractivity contribution in [3.05, 3.63) is 72.8 Å². The third kappa shape index (κ3) is 3.35. The molecular formula is C16H15N3O3. The Morgan fingerprint density at radius 2 is 2.32 bits per heavy atom. The minimum Gasteiger partial charge on any atom is -0.472 e. The molecule has 0 unspecified atom stereocenters. The van der Waals surface area contributed by atoms with Gasteiger partial charge in [-0.15, -0.1) is 0 Å². The van der Waals surface area contributed by atoms with Gasteiger partial charge in [0.05, 0.1) is 18.8 Å². The SMILES string of the molecule is O=C(/C=C/c1ccoc1)NC[C@@H](c1ccco1)n1cccn1. The van der Waals surface area contributed by atoms with Crippen LogP contribution in [0.3, 0.4) is 0 Å². The monoisotopic (exact) mass is 297 g/mol. The van der Waals surface area contributed by atoms with Crippen LogP contribution in [0.5, 0.6) is 0 Å². The Bertz CT molecular complexity index is 679. The summed E-state index contributed by atoms with van der Waals surface area (Å²) in [7, 11) is 0. The highest BCUT2D eigenvalue weighted by molar-refractivity contribution is 5.91. The number of aromatic nitrogens is 2. The van der Waals surface area contributed by atoms with Crippen LogP contribution < -0.4 is 5.32 Å². The van der Waals surface area contributed by atoms with Crippen molar-refractivity contribution >= 4 is 12.0 Å². The predicted octanol–water partition coefficient (Wildman–Crippen LogP) is 2.49. The molecular weight excluding hydrogens is 282 g/mol. The van der Waals surface area contributed by atoms with Crippen molar-refractivity contribution in [1.82, 2.24) is 15.1 Å². The molecule has 0 bridgehead atoms. The average Bonchev–Trinajstić information content (AvgIpc) is 3.27. The molecule has 0 aliphatic heterocycles. The van der Waals surface area contributed by atoms with Gasteiger partial charge in [0.15, 0.2) is 0 Å². The molecule has 0 aromatic carbocycles. The zero-order valence-corrected chi connectivity index (χ0v) is 11.8. The van der Waals surface area contributed by atoms with E-state index in [9.17, 15) is 4.79 Å². The van der Waals surface area contributed by atoms with E-state index in [4.69, 9.17) is 8.83 Å². The van der Waals surface area contributed by atoms with E-state index in [-0.39, 0.29) is 11.9 Å². The smallest absolute Gasteiger partial charge is 0.244 e. The lowest BCUT2D eigenvalue weighted by molar-refractivity contribution is -0.116. The molecule has 6 heteroatoms. The summed E-state index contributed by atoms with van der Waals surface area (Å²) < 4.78 is 12.1. The molecule has 3 heterocycles. The maximum Gasteiger partial charge on any atom is 0.244 e. The largest absolute Gasteiger partial charge is 0.472 e. The summed E-state index contributed by atoms with van der Waals surface area (Å²) in [4.78, 5) is 11.9. The van der Waals surface area contributed by atoms with Crippen LogP contribution in [0.2, 0.25) is 0 Å². The number of carbonyl (C=O) groups is 1. The fourth-order valence-electron chi connectivity index (χ4n) is 2.07. The predicted molar refractivity (Wildman–Crippen MR) is 79.8 cm³/mol. The quantitative estimate of drug-likeness (QED) is 0.709. The number of hydrogen-bond acceptors (Lipinski definition) is 4. The Morgan fingerprint density at radius 3 is 3.00 bits per heavy atom. The maximum atomic E-state index is 11.9. The number of nitrogens with one attached hydrogen (secondary N) is 1. The second kappa shape index (κ2) is 6.62. The summed E-state index contributed by atoms with van der Waals surface area (Å²) in [5.74, 6) is 0.549. The molecule has 0 spiro atoms. The van der Waals surface area contributed by atoms with Crippen molar-refractivity contribution in [2.24, 2.45) is 0 Å². The van der Waals surface area contributed by atoms with Gasteiger partial charge in [0, 0.05) is 30.6 Å². The lowest BCUT2D eigenvalue weighted by Gasteiger charge is -2.15. The molecule has 3 aromatic rings. The normalized spacial score (nSPS) is 12.5. The van der Waals surface area contributed by atoms with Gasteiger partial charge in [-0.25, -0.2) is 0 Å². The van der Waals surface area contributed by atoms with E-state index in [0.29, 0.717) is 6.54 Å². The first kappa shape index (κ1) is 13.9. The Hall–Kier alpha value is -3.02. The van der Waals surface area contributed by atoms with Crippen molar-refractivity contribution in [1.29, 1.82) is 0 Å². The van der Waals surface area contributed by atoms with E-state index < -0.39 is 0 Å². The second-order valence-electron chi connectivity index (χ2n) is 4.65. The zero-order chi connectivity index (χ0) is 15.2. The summed E-state index contributed by atoms with van der Waals surface area (Å²) in [6.45, 7) is 0.379. The average molecular weight is 297 g/mol. The first-order chi connectivity index (χ1) is 10.8. The summed E-state index contributed by atoms with van der Waals surface area (Å²) in [6, 6.07) is 7.10. The standard InChI is InChI=1S/C16H15N3O3/c20-16(5-4-13-6-10-21-12-13)17-11-14(15-3-1-9-22-15)19-8-2-7-18-19/h1-10,12,14H,11H2,(H,17,20)/b5-4+/t14-/m0/s1. The van der Waals surface area contributed by atoms with Crippen molar-refractivity contribution in [3.8, 4) is 0 Å². The first-order valence-electron chi connectivity index (χ1n) is 6.83. The van der Waals surface area contributed by atoms with Crippen LogP contribution in [0.4, 0.5) is 0 Å². The highest BCUT2D eigenvalue weighted by Gasteiger charge is 2.17. The third-order valence-corrected chi connectivity index (χ3v) is 3.16. The van der Waals surface area contributed by atoms with Crippen molar-refractivity contribution in [2.45, 2.75) is 6.04 Å². The van der Waals surface area contributed by atoms with E-state index in [2.05, 4.69) is 10.4 Å². The molecule has 0 aliphatic carbocycles. The minimum absolute atomic E-state index is 0.184. The summed E-state index contributed by atoms with van der Waals surface area (Å²) >= 11 is 0. The topological polar surface area (TPSA) is 73.2 Å². The molecule has 6 nitrogen and oxygen atoms in total. The van der Waals surface area contributed by atoms with Gasteiger partial charge in [0.25, 0.3) is 0 Å². The van der Waals surface area contributed by atoms with Crippen LogP contribution in [0.15, 0.2) is 70.4 Å². The molecule has 22 heavy (non-hydrogen) atoms. The van der Waals surface area contributed by atoms with E-state index in [1.807, 2.05) is 24.4 Å². The lowest BCUT2D eigenvalue weighted by Crippen LogP contribution is -2.30. The number of amides is 1. The molecule has 3 rings (SSSR count). The Kier molecular flexibility index (Phi) is 4.20. The van der Waals surface area contributed by atoms with Gasteiger partial charge in [0.1, 0.15) is 11.8 Å². The fourth-order valence-corrected chi connectivity index (χ4v) is 2.07. The lowest BCUT2D eigenvalue weighted by atomic mass is 10.2. The summed E-state index contributed by atoms with van der Waals surface area (Å²) in [5.41, 5.74) is 0.838. The van der Waals surface area contributed by atoms with Gasteiger partial charge in [0.2, 0.25) is 5.91 Å². The molecule has 1 amide bonds. The highest BCUT2D eigenvalue weighted by Crippen LogP contribution is 2.17. The van der Waals surface area contributed by atoms with Crippen LogP contribution >= 0.6 is 0 Å². The van der Waals surface area contributed by atoms with Crippen LogP contribution in [0, 0.1) is 0 Å². The molecule has 3 aromatic heterocycles. The van der Waals surface area contributed by atoms with E-state index in [1.165, 1.54) is 6.08 Å². The molecule has 0 aliphatic rings. The number of furan rings is 2. The minimum atomic E-state index is -0.190. The van der Waals surface area contributed by atoms with Gasteiger partial charge in [-0.2, -0.15) is 5.10 Å². The van der Waals surface area contributed by atoms with Crippen molar-refractivity contribution in [3.63, 3.8) is 0 Å². The van der Waals surface area contributed by atoms with Gasteiger partial charge >= 0.3 is 0 Å². The molecule has 0 fully saturated rings. The van der Waals surface area contributed by atoms with Crippen molar-refractivity contribution < 1.29 is 13.6 Å². The molecule has 0 radical (unpaired) electrons. The van der Waals surface area contributed by atoms with Gasteiger partial charge in [-0.1, -0.05) is 0 Å². The van der Waals surface area contributed by atoms with Gasteiger partial charge in [-0.3, -0.25) is 9.48 Å². The van der Waals surface area contributed by atoms with Gasteiger partial charge < -0.3 is 14.2 Å². The molecule has 0 saturated heterocycles. The highest BCUT2D eigenvalue weighted by atomic mass is 16.3. The van der Waals surface area contributed by atoms with Crippen LogP contribution in [0.25, 0.3) is 6.08 Å². The number of hydrogen-bond donors (Lipinski definition) is 1. The Morgan fingerprint density at radius 1 is 1.36 bits per heavy atom. The maximum absolute atomic E-state index is 11.9. The van der Waals surface area contributed by atoms with Gasteiger partial charge in [-0.05, 0) is 30.3 Å². The van der Waals surface area contributed by atoms with Crippen LogP contribution in [-0.2, 0) is 4.79 Å². The van der Waals surface area contributed by atoms with E-state index in [0.717, 1.165) is 11.3 Å². The Balaban J connectivity index is 1.63. The third-order valence-electron chi connectivity index (χ3n) is 3.16. The first-order valence-corrected chi connectivity index (χ1v) is 6.83. The fraction of sp³-hybridized carbons (Fsp3) is 0.125. The van der Waals surface area contributed by atoms with Crippen LogP contribution in [-0.4, -0.2) is 22.2 Å². The number of nitrogens with zero attached hydrogens (tertiary/aromatic N) is 2. The molecule has 1 N–H and O–H groups in total. The van der Waals surface area contributed by atoms with Crippen molar-refractivity contribution in [2.75, 3.05) is 6.54 Å². The van der Waals surface area contributed by atoms with E-state index >= 15 is 0 Å². The number of rotatable bonds is 6. The summed E-state index contributed by atoms with van der Waals surface area (Å²) in [5, 5.41) is 7.06. The zero-order valence-electron chi connectivity index (χ0n) is 11.8. The van der Waals surface area contributed by atoms with Crippen LogP contribution in [0.1, 0.15) is 17.4 Å².